The summed E-state index contributed by atoms with van der Waals surface area (Å²) in [6.07, 6.45) is 0.472. The van der Waals surface area contributed by atoms with Crippen LogP contribution in [0.25, 0.3) is 11.0 Å². The maximum Gasteiger partial charge on any atom is 0.227 e. The second kappa shape index (κ2) is 7.06. The monoisotopic (exact) mass is 363 g/mol. The first-order valence-electron chi connectivity index (χ1n) is 9.47. The number of hydrogen-bond acceptors (Lipinski definition) is 3. The first-order valence-corrected chi connectivity index (χ1v) is 9.47. The van der Waals surface area contributed by atoms with Crippen LogP contribution in [0, 0.1) is 5.92 Å². The smallest absolute Gasteiger partial charge is 0.227 e. The topological polar surface area (TPSA) is 47.4 Å². The third kappa shape index (κ3) is 3.18. The first kappa shape index (κ1) is 17.6. The molecule has 0 aliphatic carbocycles. The number of nitrogens with zero attached hydrogens (tertiary/aromatic N) is 3. The Bertz CT molecular complexity index is 977. The molecular weight excluding hydrogens is 338 g/mol. The van der Waals surface area contributed by atoms with E-state index in [1.54, 1.807) is 7.11 Å². The molecule has 3 aromatic rings. The van der Waals surface area contributed by atoms with Gasteiger partial charge in [0.2, 0.25) is 5.91 Å². The number of carbonyl (C=O) groups excluding carboxylic acids is 1. The van der Waals surface area contributed by atoms with Crippen LogP contribution in [0.3, 0.4) is 0 Å². The molecule has 1 amide bonds. The van der Waals surface area contributed by atoms with E-state index < -0.39 is 0 Å². The fraction of sp³-hybridized carbons (Fsp3) is 0.364. The number of imidazole rings is 1. The van der Waals surface area contributed by atoms with Crippen LogP contribution in [0.15, 0.2) is 48.5 Å². The molecule has 1 atom stereocenters. The van der Waals surface area contributed by atoms with Crippen molar-refractivity contribution in [1.82, 2.24) is 9.55 Å². The molecular formula is C22H25N3O2. The van der Waals surface area contributed by atoms with Crippen LogP contribution < -0.4 is 9.64 Å². The maximum atomic E-state index is 12.8. The summed E-state index contributed by atoms with van der Waals surface area (Å²) < 4.78 is 7.75. The van der Waals surface area contributed by atoms with Crippen LogP contribution in [-0.4, -0.2) is 29.1 Å². The van der Waals surface area contributed by atoms with E-state index in [1.807, 2.05) is 47.4 Å². The average Bonchev–Trinajstić information content (AvgIpc) is 3.22. The summed E-state index contributed by atoms with van der Waals surface area (Å²) in [6, 6.07) is 15.9. The zero-order chi connectivity index (χ0) is 19.0. The van der Waals surface area contributed by atoms with Gasteiger partial charge in [-0.3, -0.25) is 4.79 Å². The molecule has 1 fully saturated rings. The fourth-order valence-electron chi connectivity index (χ4n) is 3.93. The zero-order valence-corrected chi connectivity index (χ0v) is 16.1. The molecule has 1 aliphatic heterocycles. The van der Waals surface area contributed by atoms with Crippen LogP contribution in [0.5, 0.6) is 5.75 Å². The molecule has 0 unspecified atom stereocenters. The largest absolute Gasteiger partial charge is 0.495 e. The van der Waals surface area contributed by atoms with Crippen LogP contribution in [-0.2, 0) is 11.3 Å². The Morgan fingerprint density at radius 2 is 1.89 bits per heavy atom. The average molecular weight is 363 g/mol. The van der Waals surface area contributed by atoms with E-state index in [9.17, 15) is 4.79 Å². The van der Waals surface area contributed by atoms with Gasteiger partial charge >= 0.3 is 0 Å². The minimum Gasteiger partial charge on any atom is -0.495 e. The Labute approximate surface area is 159 Å². The third-order valence-electron chi connectivity index (χ3n) is 5.10. The molecule has 2 aromatic carbocycles. The highest BCUT2D eigenvalue weighted by molar-refractivity contribution is 5.97. The quantitative estimate of drug-likeness (QED) is 0.682. The lowest BCUT2D eigenvalue weighted by Gasteiger charge is -2.20. The van der Waals surface area contributed by atoms with Crippen molar-refractivity contribution in [2.75, 3.05) is 18.6 Å². The van der Waals surface area contributed by atoms with Gasteiger partial charge in [0.1, 0.15) is 11.6 Å². The number of amides is 1. The predicted molar refractivity (Wildman–Crippen MR) is 107 cm³/mol. The van der Waals surface area contributed by atoms with Crippen molar-refractivity contribution in [3.63, 3.8) is 0 Å². The van der Waals surface area contributed by atoms with Gasteiger partial charge in [0.15, 0.2) is 0 Å². The lowest BCUT2D eigenvalue weighted by molar-refractivity contribution is -0.117. The van der Waals surface area contributed by atoms with Gasteiger partial charge in [0.05, 0.1) is 23.8 Å². The highest BCUT2D eigenvalue weighted by Crippen LogP contribution is 2.37. The molecule has 2 heterocycles. The number of aromatic nitrogens is 2. The van der Waals surface area contributed by atoms with Crippen molar-refractivity contribution < 1.29 is 9.53 Å². The number of methoxy groups -OCH3 is 1. The minimum atomic E-state index is 0.0774. The van der Waals surface area contributed by atoms with E-state index >= 15 is 0 Å². The summed E-state index contributed by atoms with van der Waals surface area (Å²) in [6.45, 7) is 5.94. The highest BCUT2D eigenvalue weighted by Gasteiger charge is 2.35. The van der Waals surface area contributed by atoms with E-state index in [2.05, 4.69) is 24.5 Å². The number of anilines is 1. The van der Waals surface area contributed by atoms with Gasteiger partial charge in [-0.2, -0.15) is 0 Å². The van der Waals surface area contributed by atoms with E-state index in [0.717, 1.165) is 34.8 Å². The van der Waals surface area contributed by atoms with Crippen molar-refractivity contribution in [2.45, 2.75) is 32.7 Å². The van der Waals surface area contributed by atoms with E-state index in [0.29, 0.717) is 18.9 Å². The van der Waals surface area contributed by atoms with E-state index in [4.69, 9.17) is 9.72 Å². The molecule has 5 nitrogen and oxygen atoms in total. The Balaban J connectivity index is 1.72. The van der Waals surface area contributed by atoms with E-state index in [1.165, 1.54) is 0 Å². The lowest BCUT2D eigenvalue weighted by atomic mass is 10.1. The molecule has 0 N–H and O–H groups in total. The third-order valence-corrected chi connectivity index (χ3v) is 5.10. The number of para-hydroxylation sites is 4. The number of benzene rings is 2. The van der Waals surface area contributed by atoms with Crippen molar-refractivity contribution in [1.29, 1.82) is 0 Å². The van der Waals surface area contributed by atoms with Gasteiger partial charge in [0.25, 0.3) is 0 Å². The summed E-state index contributed by atoms with van der Waals surface area (Å²) in [5, 5.41) is 0. The second-order valence-corrected chi connectivity index (χ2v) is 7.54. The van der Waals surface area contributed by atoms with Gasteiger partial charge in [-0.1, -0.05) is 38.1 Å². The Morgan fingerprint density at radius 1 is 1.15 bits per heavy atom. The molecule has 4 rings (SSSR count). The van der Waals surface area contributed by atoms with Gasteiger partial charge in [-0.25, -0.2) is 4.98 Å². The van der Waals surface area contributed by atoms with Gasteiger partial charge < -0.3 is 14.2 Å². The summed E-state index contributed by atoms with van der Waals surface area (Å²) in [5.74, 6) is 2.43. The molecule has 0 bridgehead atoms. The molecule has 0 spiro atoms. The van der Waals surface area contributed by atoms with Crippen molar-refractivity contribution in [3.05, 3.63) is 54.4 Å². The van der Waals surface area contributed by atoms with Crippen LogP contribution in [0.1, 0.15) is 32.0 Å². The Hall–Kier alpha value is -2.82. The van der Waals surface area contributed by atoms with Gasteiger partial charge in [0, 0.05) is 25.4 Å². The fourth-order valence-corrected chi connectivity index (χ4v) is 3.93. The lowest BCUT2D eigenvalue weighted by Crippen LogP contribution is -2.25. The number of ether oxygens (including phenoxy) is 1. The number of hydrogen-bond donors (Lipinski definition) is 0. The van der Waals surface area contributed by atoms with Gasteiger partial charge in [-0.05, 0) is 30.2 Å². The standard InChI is InChI=1S/C22H25N3O2/c1-15(2)13-25-18-9-5-4-8-17(18)23-22(25)16-12-21(26)24(14-16)19-10-6-7-11-20(19)27-3/h4-11,15-16H,12-14H2,1-3H3/t16-/m0/s1. The van der Waals surface area contributed by atoms with Gasteiger partial charge in [-0.15, -0.1) is 0 Å². The maximum absolute atomic E-state index is 12.8. The molecule has 5 heteroatoms. The molecule has 1 aromatic heterocycles. The van der Waals surface area contributed by atoms with Crippen molar-refractivity contribution in [3.8, 4) is 5.75 Å². The normalized spacial score (nSPS) is 17.3. The zero-order valence-electron chi connectivity index (χ0n) is 16.1. The summed E-state index contributed by atoms with van der Waals surface area (Å²) in [4.78, 5) is 19.6. The van der Waals surface area contributed by atoms with Crippen LogP contribution in [0.2, 0.25) is 0 Å². The van der Waals surface area contributed by atoms with E-state index in [-0.39, 0.29) is 11.8 Å². The minimum absolute atomic E-state index is 0.0774. The molecule has 27 heavy (non-hydrogen) atoms. The number of fused-ring (bicyclic) bond motifs is 1. The first-order chi connectivity index (χ1) is 13.1. The number of carbonyl (C=O) groups is 1. The van der Waals surface area contributed by atoms with Crippen molar-refractivity contribution in [2.24, 2.45) is 5.92 Å². The summed E-state index contributed by atoms with van der Waals surface area (Å²) in [7, 11) is 1.64. The molecule has 1 saturated heterocycles. The number of rotatable bonds is 5. The summed E-state index contributed by atoms with van der Waals surface area (Å²) >= 11 is 0. The predicted octanol–water partition coefficient (Wildman–Crippen LogP) is 4.22. The highest BCUT2D eigenvalue weighted by atomic mass is 16.5. The SMILES string of the molecule is COc1ccccc1N1C[C@@H](c2nc3ccccc3n2CC(C)C)CC1=O. The second-order valence-electron chi connectivity index (χ2n) is 7.54. The molecule has 0 saturated carbocycles. The van der Waals surface area contributed by atoms with Crippen molar-refractivity contribution >= 4 is 22.6 Å². The molecule has 1 aliphatic rings. The van der Waals surface area contributed by atoms with Crippen LogP contribution >= 0.6 is 0 Å². The Kier molecular flexibility index (Phi) is 4.60. The summed E-state index contributed by atoms with van der Waals surface area (Å²) in [5.41, 5.74) is 2.97. The molecule has 0 radical (unpaired) electrons. The Morgan fingerprint density at radius 3 is 2.67 bits per heavy atom. The molecule has 140 valence electrons. The van der Waals surface area contributed by atoms with Crippen LogP contribution in [0.4, 0.5) is 5.69 Å².